The second-order valence-electron chi connectivity index (χ2n) is 9.65. The summed E-state index contributed by atoms with van der Waals surface area (Å²) in [5, 5.41) is 3.30. The van der Waals surface area contributed by atoms with Crippen LogP contribution in [0.25, 0.3) is 0 Å². The third-order valence-corrected chi connectivity index (χ3v) is 10.3. The topological polar surface area (TPSA) is 38.3 Å². The Hall–Kier alpha value is -1.36. The highest BCUT2D eigenvalue weighted by Gasteiger charge is 2.37. The molecule has 0 saturated carbocycles. The van der Waals surface area contributed by atoms with Crippen LogP contribution in [-0.2, 0) is 9.22 Å². The monoisotopic (exact) mass is 403 g/mol. The number of amides is 1. The molecule has 1 aromatic rings. The van der Waals surface area contributed by atoms with Crippen molar-refractivity contribution in [2.75, 3.05) is 6.61 Å². The van der Waals surface area contributed by atoms with Crippen LogP contribution in [0.4, 0.5) is 0 Å². The van der Waals surface area contributed by atoms with Gasteiger partial charge in [0.2, 0.25) is 5.91 Å². The minimum absolute atomic E-state index is 0.0348. The average Bonchev–Trinajstić information content (AvgIpc) is 2.54. The molecule has 0 aromatic heterocycles. The molecule has 1 rings (SSSR count). The quantitative estimate of drug-likeness (QED) is 0.480. The first-order chi connectivity index (χ1) is 12.3. The van der Waals surface area contributed by atoms with Gasteiger partial charge in [-0.25, -0.2) is 0 Å². The molecule has 3 nitrogen and oxygen atoms in total. The van der Waals surface area contributed by atoms with E-state index in [4.69, 9.17) is 4.43 Å². The number of benzene rings is 1. The lowest BCUT2D eigenvalue weighted by Gasteiger charge is -2.37. The molecule has 0 bridgehead atoms. The normalized spacial score (nSPS) is 13.5. The van der Waals surface area contributed by atoms with Crippen molar-refractivity contribution in [2.24, 2.45) is 0 Å². The molecule has 150 valence electrons. The standard InChI is InChI=1S/C22H37NO2Si2/c1-22(2,3)27(7,8)25-18-20(19-14-10-9-11-15-19)23-21(24)16-12-13-17-26(4,5)6/h9-11,14-15,20H,12,16,18H2,1-8H3,(H,23,24). The fourth-order valence-electron chi connectivity index (χ4n) is 2.18. The number of carbonyl (C=O) groups excluding carboxylic acids is 1. The number of rotatable bonds is 7. The van der Waals surface area contributed by atoms with Crippen molar-refractivity contribution >= 4 is 22.3 Å². The molecule has 1 atom stereocenters. The molecule has 0 fully saturated rings. The molecule has 0 saturated heterocycles. The SMILES string of the molecule is CC(C)(C)[Si](C)(C)OCC(NC(=O)CCC#C[Si](C)(C)C)c1ccccc1. The maximum atomic E-state index is 12.5. The Morgan fingerprint density at radius 2 is 1.70 bits per heavy atom. The summed E-state index contributed by atoms with van der Waals surface area (Å²) >= 11 is 0. The largest absolute Gasteiger partial charge is 0.414 e. The predicted octanol–water partition coefficient (Wildman–Crippen LogP) is 5.53. The summed E-state index contributed by atoms with van der Waals surface area (Å²) in [6.07, 6.45) is 1.04. The van der Waals surface area contributed by atoms with Gasteiger partial charge in [0.25, 0.3) is 0 Å². The van der Waals surface area contributed by atoms with Gasteiger partial charge in [0.1, 0.15) is 8.07 Å². The van der Waals surface area contributed by atoms with Gasteiger partial charge >= 0.3 is 0 Å². The van der Waals surface area contributed by atoms with E-state index in [0.717, 1.165) is 5.56 Å². The van der Waals surface area contributed by atoms with Crippen LogP contribution < -0.4 is 5.32 Å². The Balaban J connectivity index is 2.76. The smallest absolute Gasteiger partial charge is 0.221 e. The summed E-state index contributed by atoms with van der Waals surface area (Å²) in [6.45, 7) is 18.3. The highest BCUT2D eigenvalue weighted by atomic mass is 28.4. The van der Waals surface area contributed by atoms with E-state index in [9.17, 15) is 4.79 Å². The number of nitrogens with one attached hydrogen (secondary N) is 1. The van der Waals surface area contributed by atoms with Gasteiger partial charge in [0.15, 0.2) is 8.32 Å². The van der Waals surface area contributed by atoms with Gasteiger partial charge in [-0.3, -0.25) is 4.79 Å². The van der Waals surface area contributed by atoms with Gasteiger partial charge in [-0.1, -0.05) is 70.7 Å². The highest BCUT2D eigenvalue weighted by Crippen LogP contribution is 2.37. The molecule has 1 N–H and O–H groups in total. The van der Waals surface area contributed by atoms with Gasteiger partial charge in [-0.2, -0.15) is 0 Å². The third kappa shape index (κ3) is 8.92. The van der Waals surface area contributed by atoms with Crippen molar-refractivity contribution in [3.8, 4) is 11.5 Å². The number of hydrogen-bond acceptors (Lipinski definition) is 2. The van der Waals surface area contributed by atoms with Crippen molar-refractivity contribution in [2.45, 2.75) is 77.4 Å². The van der Waals surface area contributed by atoms with Crippen LogP contribution in [0.5, 0.6) is 0 Å². The van der Waals surface area contributed by atoms with E-state index in [1.807, 2.05) is 30.3 Å². The lowest BCUT2D eigenvalue weighted by atomic mass is 10.1. The summed E-state index contributed by atoms with van der Waals surface area (Å²) in [7, 11) is -3.25. The first-order valence-electron chi connectivity index (χ1n) is 9.80. The van der Waals surface area contributed by atoms with Crippen molar-refractivity contribution in [1.82, 2.24) is 5.32 Å². The molecule has 0 radical (unpaired) electrons. The van der Waals surface area contributed by atoms with Crippen LogP contribution in [0.2, 0.25) is 37.8 Å². The molecular weight excluding hydrogens is 366 g/mol. The molecule has 27 heavy (non-hydrogen) atoms. The van der Waals surface area contributed by atoms with Gasteiger partial charge in [-0.15, -0.1) is 11.5 Å². The first kappa shape index (κ1) is 23.7. The Bertz CT molecular complexity index is 662. The molecular formula is C22H37NO2Si2. The summed E-state index contributed by atoms with van der Waals surface area (Å²) in [5.74, 6) is 3.21. The fraction of sp³-hybridized carbons (Fsp3) is 0.591. The summed E-state index contributed by atoms with van der Waals surface area (Å²) in [5.41, 5.74) is 4.39. The number of carbonyl (C=O) groups is 1. The van der Waals surface area contributed by atoms with Gasteiger partial charge in [-0.05, 0) is 23.7 Å². The molecule has 5 heteroatoms. The van der Waals surface area contributed by atoms with Crippen molar-refractivity contribution in [1.29, 1.82) is 0 Å². The van der Waals surface area contributed by atoms with Crippen LogP contribution in [0.3, 0.4) is 0 Å². The molecule has 0 aliphatic rings. The molecule has 0 heterocycles. The first-order valence-corrected chi connectivity index (χ1v) is 16.2. The van der Waals surface area contributed by atoms with Crippen molar-refractivity contribution < 1.29 is 9.22 Å². The van der Waals surface area contributed by atoms with E-state index in [-0.39, 0.29) is 17.0 Å². The zero-order valence-corrected chi connectivity index (χ0v) is 20.4. The minimum Gasteiger partial charge on any atom is -0.414 e. The minimum atomic E-state index is -1.87. The summed E-state index contributed by atoms with van der Waals surface area (Å²) in [4.78, 5) is 12.5. The fourth-order valence-corrected chi connectivity index (χ4v) is 3.86. The Kier molecular flexibility index (Phi) is 8.53. The van der Waals surface area contributed by atoms with E-state index in [2.05, 4.69) is 70.3 Å². The zero-order valence-electron chi connectivity index (χ0n) is 18.4. The van der Waals surface area contributed by atoms with E-state index in [1.165, 1.54) is 0 Å². The maximum Gasteiger partial charge on any atom is 0.221 e. The molecule has 1 unspecified atom stereocenters. The Morgan fingerprint density at radius 1 is 1.11 bits per heavy atom. The van der Waals surface area contributed by atoms with E-state index < -0.39 is 16.4 Å². The molecule has 0 aliphatic carbocycles. The Morgan fingerprint density at radius 3 is 2.22 bits per heavy atom. The second kappa shape index (κ2) is 9.72. The van der Waals surface area contributed by atoms with Crippen LogP contribution in [0.15, 0.2) is 30.3 Å². The zero-order chi connectivity index (χ0) is 20.7. The van der Waals surface area contributed by atoms with Gasteiger partial charge in [0.05, 0.1) is 12.6 Å². The lowest BCUT2D eigenvalue weighted by molar-refractivity contribution is -0.122. The van der Waals surface area contributed by atoms with Crippen molar-refractivity contribution in [3.05, 3.63) is 35.9 Å². The average molecular weight is 404 g/mol. The molecule has 0 spiro atoms. The van der Waals surface area contributed by atoms with Gasteiger partial charge < -0.3 is 9.74 Å². The molecule has 0 aliphatic heterocycles. The van der Waals surface area contributed by atoms with Crippen molar-refractivity contribution in [3.63, 3.8) is 0 Å². The Labute approximate surface area is 168 Å². The lowest BCUT2D eigenvalue weighted by Crippen LogP contribution is -2.43. The second-order valence-corrected chi connectivity index (χ2v) is 19.2. The van der Waals surface area contributed by atoms with Crippen LogP contribution in [0.1, 0.15) is 45.2 Å². The van der Waals surface area contributed by atoms with Gasteiger partial charge in [0, 0.05) is 12.8 Å². The predicted molar refractivity (Wildman–Crippen MR) is 121 cm³/mol. The van der Waals surface area contributed by atoms with Crippen LogP contribution >= 0.6 is 0 Å². The van der Waals surface area contributed by atoms with E-state index >= 15 is 0 Å². The van der Waals surface area contributed by atoms with E-state index in [0.29, 0.717) is 19.4 Å². The van der Waals surface area contributed by atoms with Crippen LogP contribution in [0, 0.1) is 11.5 Å². The molecule has 1 aromatic carbocycles. The summed E-state index contributed by atoms with van der Waals surface area (Å²) < 4.78 is 6.38. The number of hydrogen-bond donors (Lipinski definition) is 1. The third-order valence-electron chi connectivity index (χ3n) is 4.89. The highest BCUT2D eigenvalue weighted by molar-refractivity contribution is 6.83. The molecule has 1 amide bonds. The maximum absolute atomic E-state index is 12.5. The van der Waals surface area contributed by atoms with E-state index in [1.54, 1.807) is 0 Å². The van der Waals surface area contributed by atoms with Crippen LogP contribution in [-0.4, -0.2) is 28.9 Å². The summed E-state index contributed by atoms with van der Waals surface area (Å²) in [6, 6.07) is 9.96.